The molecule has 0 aromatic heterocycles. The lowest BCUT2D eigenvalue weighted by Crippen LogP contribution is -2.15. The fourth-order valence-corrected chi connectivity index (χ4v) is 2.18. The summed E-state index contributed by atoms with van der Waals surface area (Å²) in [7, 11) is 0. The highest BCUT2D eigenvalue weighted by Crippen LogP contribution is 2.13. The number of anilines is 1. The van der Waals surface area contributed by atoms with Gasteiger partial charge in [0.2, 0.25) is 5.91 Å². The molecular formula is C17H18N2OS. The van der Waals surface area contributed by atoms with Crippen LogP contribution in [0.15, 0.2) is 42.5 Å². The smallest absolute Gasteiger partial charge is 0.228 e. The predicted octanol–water partition coefficient (Wildman–Crippen LogP) is 3.12. The number of hydrogen-bond donors (Lipinski definition) is 2. The van der Waals surface area contributed by atoms with Gasteiger partial charge < -0.3 is 11.1 Å². The maximum absolute atomic E-state index is 12.1. The van der Waals surface area contributed by atoms with E-state index in [0.717, 1.165) is 11.1 Å². The van der Waals surface area contributed by atoms with Crippen molar-refractivity contribution in [2.75, 3.05) is 5.32 Å². The van der Waals surface area contributed by atoms with Gasteiger partial charge >= 0.3 is 0 Å². The number of rotatable bonds is 4. The van der Waals surface area contributed by atoms with Gasteiger partial charge in [-0.1, -0.05) is 42.5 Å². The SMILES string of the molecule is Cc1ccc(CC(=O)Nc2cccc(C(N)=S)c2)cc1C. The van der Waals surface area contributed by atoms with Crippen molar-refractivity contribution in [1.82, 2.24) is 0 Å². The highest BCUT2D eigenvalue weighted by atomic mass is 32.1. The number of nitrogens with one attached hydrogen (secondary N) is 1. The van der Waals surface area contributed by atoms with Crippen LogP contribution in [0.3, 0.4) is 0 Å². The van der Waals surface area contributed by atoms with E-state index in [2.05, 4.69) is 12.2 Å². The third kappa shape index (κ3) is 4.13. The van der Waals surface area contributed by atoms with E-state index in [-0.39, 0.29) is 5.91 Å². The van der Waals surface area contributed by atoms with Crippen molar-refractivity contribution in [1.29, 1.82) is 0 Å². The van der Waals surface area contributed by atoms with E-state index in [1.807, 2.05) is 43.3 Å². The van der Waals surface area contributed by atoms with E-state index < -0.39 is 0 Å². The monoisotopic (exact) mass is 298 g/mol. The molecule has 1 amide bonds. The highest BCUT2D eigenvalue weighted by molar-refractivity contribution is 7.80. The zero-order valence-electron chi connectivity index (χ0n) is 12.1. The van der Waals surface area contributed by atoms with Crippen LogP contribution in [0.5, 0.6) is 0 Å². The number of hydrogen-bond acceptors (Lipinski definition) is 2. The molecule has 0 radical (unpaired) electrons. The lowest BCUT2D eigenvalue weighted by atomic mass is 10.0. The topological polar surface area (TPSA) is 55.1 Å². The summed E-state index contributed by atoms with van der Waals surface area (Å²) in [5, 5.41) is 2.87. The largest absolute Gasteiger partial charge is 0.389 e. The number of carbonyl (C=O) groups is 1. The van der Waals surface area contributed by atoms with Crippen LogP contribution >= 0.6 is 12.2 Å². The van der Waals surface area contributed by atoms with Crippen LogP contribution in [-0.2, 0) is 11.2 Å². The molecule has 0 spiro atoms. The number of thiocarbonyl (C=S) groups is 1. The summed E-state index contributed by atoms with van der Waals surface area (Å²) < 4.78 is 0. The summed E-state index contributed by atoms with van der Waals surface area (Å²) in [6, 6.07) is 13.3. The summed E-state index contributed by atoms with van der Waals surface area (Å²) in [5.41, 5.74) is 10.5. The molecule has 2 aromatic rings. The third-order valence-electron chi connectivity index (χ3n) is 3.37. The zero-order valence-corrected chi connectivity index (χ0v) is 13.0. The van der Waals surface area contributed by atoms with Crippen LogP contribution in [0.2, 0.25) is 0 Å². The Kier molecular flexibility index (Phi) is 4.70. The molecule has 0 unspecified atom stereocenters. The number of amides is 1. The molecule has 3 nitrogen and oxygen atoms in total. The summed E-state index contributed by atoms with van der Waals surface area (Å²) in [4.78, 5) is 12.4. The Morgan fingerprint density at radius 2 is 1.90 bits per heavy atom. The van der Waals surface area contributed by atoms with Gasteiger partial charge in [-0.3, -0.25) is 4.79 Å². The van der Waals surface area contributed by atoms with Gasteiger partial charge in [0, 0.05) is 11.3 Å². The molecule has 4 heteroatoms. The molecule has 0 heterocycles. The summed E-state index contributed by atoms with van der Waals surface area (Å²) in [5.74, 6) is -0.0571. The van der Waals surface area contributed by atoms with Crippen LogP contribution in [0.25, 0.3) is 0 Å². The van der Waals surface area contributed by atoms with Gasteiger partial charge in [0.05, 0.1) is 6.42 Å². The van der Waals surface area contributed by atoms with E-state index in [0.29, 0.717) is 17.1 Å². The van der Waals surface area contributed by atoms with Crippen molar-refractivity contribution in [2.24, 2.45) is 5.73 Å². The quantitative estimate of drug-likeness (QED) is 0.853. The highest BCUT2D eigenvalue weighted by Gasteiger charge is 2.06. The molecule has 2 rings (SSSR count). The van der Waals surface area contributed by atoms with E-state index in [1.54, 1.807) is 6.07 Å². The van der Waals surface area contributed by atoms with Crippen molar-refractivity contribution in [3.63, 3.8) is 0 Å². The summed E-state index contributed by atoms with van der Waals surface area (Å²) in [6.07, 6.45) is 0.346. The first-order valence-electron chi connectivity index (χ1n) is 6.71. The molecule has 0 saturated carbocycles. The van der Waals surface area contributed by atoms with Gasteiger partial charge in [-0.05, 0) is 42.7 Å². The van der Waals surface area contributed by atoms with E-state index in [4.69, 9.17) is 18.0 Å². The third-order valence-corrected chi connectivity index (χ3v) is 3.60. The van der Waals surface area contributed by atoms with Crippen LogP contribution in [0.4, 0.5) is 5.69 Å². The first kappa shape index (κ1) is 15.2. The van der Waals surface area contributed by atoms with E-state index in [9.17, 15) is 4.79 Å². The minimum absolute atomic E-state index is 0.0571. The Morgan fingerprint density at radius 3 is 2.57 bits per heavy atom. The van der Waals surface area contributed by atoms with Gasteiger partial charge in [0.25, 0.3) is 0 Å². The maximum Gasteiger partial charge on any atom is 0.228 e. The first-order chi connectivity index (χ1) is 9.95. The number of benzene rings is 2. The Balaban J connectivity index is 2.06. The molecule has 108 valence electrons. The lowest BCUT2D eigenvalue weighted by molar-refractivity contribution is -0.115. The van der Waals surface area contributed by atoms with E-state index in [1.165, 1.54) is 11.1 Å². The molecule has 0 aliphatic heterocycles. The van der Waals surface area contributed by atoms with Crippen molar-refractivity contribution >= 4 is 28.8 Å². The average Bonchev–Trinajstić information content (AvgIpc) is 2.43. The Morgan fingerprint density at radius 1 is 1.14 bits per heavy atom. The Bertz CT molecular complexity index is 695. The summed E-state index contributed by atoms with van der Waals surface area (Å²) >= 11 is 4.93. The fourth-order valence-electron chi connectivity index (χ4n) is 2.05. The predicted molar refractivity (Wildman–Crippen MR) is 90.6 cm³/mol. The molecule has 2 aromatic carbocycles. The molecule has 0 aliphatic rings. The Hall–Kier alpha value is -2.20. The van der Waals surface area contributed by atoms with Crippen LogP contribution < -0.4 is 11.1 Å². The normalized spacial score (nSPS) is 10.2. The maximum atomic E-state index is 12.1. The lowest BCUT2D eigenvalue weighted by Gasteiger charge is -2.08. The molecule has 0 saturated heterocycles. The van der Waals surface area contributed by atoms with Crippen molar-refractivity contribution in [2.45, 2.75) is 20.3 Å². The van der Waals surface area contributed by atoms with Crippen molar-refractivity contribution < 1.29 is 4.79 Å². The molecule has 0 aliphatic carbocycles. The molecule has 3 N–H and O–H groups in total. The summed E-state index contributed by atoms with van der Waals surface area (Å²) in [6.45, 7) is 4.10. The molecule has 0 atom stereocenters. The number of aryl methyl sites for hydroxylation is 2. The molecular weight excluding hydrogens is 280 g/mol. The molecule has 0 bridgehead atoms. The molecule has 21 heavy (non-hydrogen) atoms. The molecule has 0 fully saturated rings. The second-order valence-corrected chi connectivity index (χ2v) is 5.53. The fraction of sp³-hybridized carbons (Fsp3) is 0.176. The van der Waals surface area contributed by atoms with Crippen molar-refractivity contribution in [3.8, 4) is 0 Å². The second-order valence-electron chi connectivity index (χ2n) is 5.09. The first-order valence-corrected chi connectivity index (χ1v) is 7.12. The van der Waals surface area contributed by atoms with Crippen molar-refractivity contribution in [3.05, 3.63) is 64.7 Å². The van der Waals surface area contributed by atoms with Crippen LogP contribution in [-0.4, -0.2) is 10.9 Å². The minimum Gasteiger partial charge on any atom is -0.389 e. The second kappa shape index (κ2) is 6.50. The van der Waals surface area contributed by atoms with Crippen LogP contribution in [0, 0.1) is 13.8 Å². The van der Waals surface area contributed by atoms with Gasteiger partial charge in [0.1, 0.15) is 4.99 Å². The number of carbonyl (C=O) groups excluding carboxylic acids is 1. The van der Waals surface area contributed by atoms with E-state index >= 15 is 0 Å². The van der Waals surface area contributed by atoms with Gasteiger partial charge in [0.15, 0.2) is 0 Å². The standard InChI is InChI=1S/C17H18N2OS/c1-11-6-7-13(8-12(11)2)9-16(20)19-15-5-3-4-14(10-15)17(18)21/h3-8,10H,9H2,1-2H3,(H2,18,21)(H,19,20). The van der Waals surface area contributed by atoms with Gasteiger partial charge in [-0.25, -0.2) is 0 Å². The number of nitrogens with two attached hydrogens (primary N) is 1. The minimum atomic E-state index is -0.0571. The zero-order chi connectivity index (χ0) is 15.4. The van der Waals surface area contributed by atoms with Crippen LogP contribution in [0.1, 0.15) is 22.3 Å². The average molecular weight is 298 g/mol. The van der Waals surface area contributed by atoms with Gasteiger partial charge in [-0.2, -0.15) is 0 Å². The van der Waals surface area contributed by atoms with Gasteiger partial charge in [-0.15, -0.1) is 0 Å². The Labute approximate surface area is 130 Å².